The van der Waals surface area contributed by atoms with E-state index in [4.69, 9.17) is 0 Å². The van der Waals surface area contributed by atoms with Crippen LogP contribution in [0.4, 0.5) is 5.69 Å². The van der Waals surface area contributed by atoms with Crippen molar-refractivity contribution in [1.29, 1.82) is 0 Å². The molecule has 0 saturated carbocycles. The lowest BCUT2D eigenvalue weighted by Gasteiger charge is -2.20. The number of non-ortho nitro benzene ring substituents is 1. The molecule has 0 atom stereocenters. The number of hydrogen-bond donors (Lipinski definition) is 2. The quantitative estimate of drug-likeness (QED) is 0.595. The molecule has 0 fully saturated rings. The molecule has 0 radical (unpaired) electrons. The Bertz CT molecular complexity index is 478. The maximum absolute atomic E-state index is 11.6. The van der Waals surface area contributed by atoms with Crippen molar-refractivity contribution in [2.75, 3.05) is 13.1 Å². The van der Waals surface area contributed by atoms with Gasteiger partial charge in [-0.3, -0.25) is 14.9 Å². The fourth-order valence-electron chi connectivity index (χ4n) is 1.77. The van der Waals surface area contributed by atoms with Crippen molar-refractivity contribution in [3.05, 3.63) is 39.9 Å². The second-order valence-corrected chi connectivity index (χ2v) is 5.95. The van der Waals surface area contributed by atoms with Crippen molar-refractivity contribution in [1.82, 2.24) is 10.6 Å². The van der Waals surface area contributed by atoms with Gasteiger partial charge in [0, 0.05) is 37.2 Å². The molecule has 0 spiro atoms. The van der Waals surface area contributed by atoms with E-state index in [0.29, 0.717) is 25.9 Å². The third-order valence-corrected chi connectivity index (χ3v) is 2.89. The van der Waals surface area contributed by atoms with Crippen LogP contribution in [0.5, 0.6) is 0 Å². The minimum atomic E-state index is -0.423. The molecule has 1 amide bonds. The Morgan fingerprint density at radius 1 is 1.19 bits per heavy atom. The van der Waals surface area contributed by atoms with Crippen LogP contribution in [-0.2, 0) is 11.2 Å². The van der Waals surface area contributed by atoms with Crippen molar-refractivity contribution in [3.8, 4) is 0 Å². The van der Waals surface area contributed by atoms with Crippen LogP contribution in [0.2, 0.25) is 0 Å². The van der Waals surface area contributed by atoms with Crippen molar-refractivity contribution < 1.29 is 9.72 Å². The predicted octanol–water partition coefficient (Wildman–Crippen LogP) is 2.03. The van der Waals surface area contributed by atoms with Crippen molar-refractivity contribution in [2.45, 2.75) is 39.2 Å². The minimum absolute atomic E-state index is 0.00802. The van der Waals surface area contributed by atoms with E-state index in [1.165, 1.54) is 12.1 Å². The summed E-state index contributed by atoms with van der Waals surface area (Å²) in [5.74, 6) is 0.00802. The summed E-state index contributed by atoms with van der Waals surface area (Å²) in [6.45, 7) is 7.34. The summed E-state index contributed by atoms with van der Waals surface area (Å²) in [7, 11) is 0. The summed E-state index contributed by atoms with van der Waals surface area (Å²) in [5, 5.41) is 16.6. The molecule has 0 aliphatic heterocycles. The molecule has 2 N–H and O–H groups in total. The lowest BCUT2D eigenvalue weighted by atomic mass is 10.1. The Morgan fingerprint density at radius 3 is 2.33 bits per heavy atom. The number of nitrogens with one attached hydrogen (secondary N) is 2. The smallest absolute Gasteiger partial charge is 0.269 e. The van der Waals surface area contributed by atoms with E-state index in [0.717, 1.165) is 5.56 Å². The molecular formula is C15H23N3O3. The number of nitro benzene ring substituents is 1. The van der Waals surface area contributed by atoms with Gasteiger partial charge in [-0.15, -0.1) is 0 Å². The Balaban J connectivity index is 2.24. The zero-order valence-corrected chi connectivity index (χ0v) is 12.8. The van der Waals surface area contributed by atoms with E-state index >= 15 is 0 Å². The fourth-order valence-corrected chi connectivity index (χ4v) is 1.77. The average Bonchev–Trinajstić information content (AvgIpc) is 2.37. The number of carbonyl (C=O) groups is 1. The van der Waals surface area contributed by atoms with Crippen molar-refractivity contribution in [3.63, 3.8) is 0 Å². The van der Waals surface area contributed by atoms with Gasteiger partial charge >= 0.3 is 0 Å². The lowest BCUT2D eigenvalue weighted by molar-refractivity contribution is -0.384. The van der Waals surface area contributed by atoms with Gasteiger partial charge in [0.25, 0.3) is 5.69 Å². The lowest BCUT2D eigenvalue weighted by Crippen LogP contribution is -2.38. The first kappa shape index (κ1) is 17.1. The first-order valence-corrected chi connectivity index (χ1v) is 7.03. The molecule has 0 aliphatic rings. The van der Waals surface area contributed by atoms with E-state index in [2.05, 4.69) is 31.4 Å². The van der Waals surface area contributed by atoms with Gasteiger partial charge in [0.15, 0.2) is 0 Å². The van der Waals surface area contributed by atoms with E-state index in [9.17, 15) is 14.9 Å². The zero-order valence-electron chi connectivity index (χ0n) is 12.8. The molecule has 0 bridgehead atoms. The SMILES string of the molecule is CC(C)(C)NCCC(=O)NCCc1ccc([N+](=O)[O-])cc1. The summed E-state index contributed by atoms with van der Waals surface area (Å²) >= 11 is 0. The van der Waals surface area contributed by atoms with Gasteiger partial charge in [-0.2, -0.15) is 0 Å². The summed E-state index contributed by atoms with van der Waals surface area (Å²) in [6, 6.07) is 6.38. The van der Waals surface area contributed by atoms with Crippen LogP contribution >= 0.6 is 0 Å². The molecule has 1 rings (SSSR count). The van der Waals surface area contributed by atoms with Gasteiger partial charge in [-0.05, 0) is 32.8 Å². The van der Waals surface area contributed by atoms with Crippen LogP contribution in [0, 0.1) is 10.1 Å². The Morgan fingerprint density at radius 2 is 1.81 bits per heavy atom. The van der Waals surface area contributed by atoms with Gasteiger partial charge in [-0.25, -0.2) is 0 Å². The molecule has 0 unspecified atom stereocenters. The Hall–Kier alpha value is -1.95. The number of hydrogen-bond acceptors (Lipinski definition) is 4. The topological polar surface area (TPSA) is 84.3 Å². The molecule has 21 heavy (non-hydrogen) atoms. The second-order valence-electron chi connectivity index (χ2n) is 5.95. The first-order chi connectivity index (χ1) is 9.78. The molecule has 0 aliphatic carbocycles. The van der Waals surface area contributed by atoms with Gasteiger partial charge in [0.05, 0.1) is 4.92 Å². The van der Waals surface area contributed by atoms with Gasteiger partial charge < -0.3 is 10.6 Å². The number of nitro groups is 1. The normalized spacial score (nSPS) is 11.2. The van der Waals surface area contributed by atoms with Crippen LogP contribution in [0.15, 0.2) is 24.3 Å². The molecule has 6 nitrogen and oxygen atoms in total. The van der Waals surface area contributed by atoms with E-state index < -0.39 is 4.92 Å². The summed E-state index contributed by atoms with van der Waals surface area (Å²) < 4.78 is 0. The predicted molar refractivity (Wildman–Crippen MR) is 82.2 cm³/mol. The Kier molecular flexibility index (Phi) is 6.30. The number of benzene rings is 1. The molecule has 6 heteroatoms. The highest BCUT2D eigenvalue weighted by molar-refractivity contribution is 5.76. The van der Waals surface area contributed by atoms with E-state index in [1.54, 1.807) is 12.1 Å². The molecule has 0 saturated heterocycles. The highest BCUT2D eigenvalue weighted by Crippen LogP contribution is 2.11. The largest absolute Gasteiger partial charge is 0.356 e. The minimum Gasteiger partial charge on any atom is -0.356 e. The zero-order chi connectivity index (χ0) is 15.9. The highest BCUT2D eigenvalue weighted by Gasteiger charge is 2.09. The first-order valence-electron chi connectivity index (χ1n) is 7.03. The van der Waals surface area contributed by atoms with E-state index in [1.807, 2.05) is 0 Å². The van der Waals surface area contributed by atoms with Crippen LogP contribution in [-0.4, -0.2) is 29.5 Å². The number of carbonyl (C=O) groups excluding carboxylic acids is 1. The van der Waals surface area contributed by atoms with Crippen LogP contribution < -0.4 is 10.6 Å². The second kappa shape index (κ2) is 7.73. The summed E-state index contributed by atoms with van der Waals surface area (Å²) in [4.78, 5) is 21.7. The van der Waals surface area contributed by atoms with Crippen molar-refractivity contribution in [2.24, 2.45) is 0 Å². The van der Waals surface area contributed by atoms with Gasteiger partial charge in [-0.1, -0.05) is 12.1 Å². The molecule has 1 aromatic rings. The van der Waals surface area contributed by atoms with E-state index in [-0.39, 0.29) is 17.1 Å². The monoisotopic (exact) mass is 293 g/mol. The molecule has 0 heterocycles. The third-order valence-electron chi connectivity index (χ3n) is 2.89. The Labute approximate surface area is 125 Å². The maximum atomic E-state index is 11.6. The molecule has 116 valence electrons. The molecule has 0 aromatic heterocycles. The standard InChI is InChI=1S/C15H23N3O3/c1-15(2,3)17-11-9-14(19)16-10-8-12-4-6-13(7-5-12)18(20)21/h4-7,17H,8-11H2,1-3H3,(H,16,19). The highest BCUT2D eigenvalue weighted by atomic mass is 16.6. The number of nitrogens with zero attached hydrogens (tertiary/aromatic N) is 1. The number of amides is 1. The van der Waals surface area contributed by atoms with Crippen molar-refractivity contribution >= 4 is 11.6 Å². The maximum Gasteiger partial charge on any atom is 0.269 e. The molecular weight excluding hydrogens is 270 g/mol. The summed E-state index contributed by atoms with van der Waals surface area (Å²) in [5.41, 5.74) is 1.06. The third kappa shape index (κ3) is 7.41. The van der Waals surface area contributed by atoms with Crippen LogP contribution in [0.3, 0.4) is 0 Å². The van der Waals surface area contributed by atoms with Crippen LogP contribution in [0.1, 0.15) is 32.8 Å². The number of rotatable bonds is 7. The van der Waals surface area contributed by atoms with Gasteiger partial charge in [0.2, 0.25) is 5.91 Å². The molecule has 1 aromatic carbocycles. The summed E-state index contributed by atoms with van der Waals surface area (Å²) in [6.07, 6.45) is 1.11. The average molecular weight is 293 g/mol. The van der Waals surface area contributed by atoms with Crippen LogP contribution in [0.25, 0.3) is 0 Å². The fraction of sp³-hybridized carbons (Fsp3) is 0.533. The van der Waals surface area contributed by atoms with Gasteiger partial charge in [0.1, 0.15) is 0 Å².